The Balaban J connectivity index is 2.10. The van der Waals surface area contributed by atoms with E-state index in [1.165, 1.54) is 57.8 Å². The predicted molar refractivity (Wildman–Crippen MR) is 98.4 cm³/mol. The van der Waals surface area contributed by atoms with Gasteiger partial charge in [0.15, 0.2) is 0 Å². The quantitative estimate of drug-likeness (QED) is 0.277. The third-order valence-electron chi connectivity index (χ3n) is 4.89. The molecule has 3 atom stereocenters. The van der Waals surface area contributed by atoms with Crippen molar-refractivity contribution in [2.75, 3.05) is 0 Å². The van der Waals surface area contributed by atoms with Crippen molar-refractivity contribution in [3.8, 4) is 0 Å². The lowest BCUT2D eigenvalue weighted by Crippen LogP contribution is -2.31. The summed E-state index contributed by atoms with van der Waals surface area (Å²) in [5, 5.41) is 0. The van der Waals surface area contributed by atoms with Gasteiger partial charge in [0.25, 0.3) is 0 Å². The van der Waals surface area contributed by atoms with E-state index in [0.29, 0.717) is 5.92 Å². The summed E-state index contributed by atoms with van der Waals surface area (Å²) in [7, 11) is 0. The molecule has 0 fully saturated rings. The second kappa shape index (κ2) is 11.2. The molecule has 1 aliphatic rings. The van der Waals surface area contributed by atoms with Crippen LogP contribution in [-0.2, 0) is 4.74 Å². The molecule has 1 aliphatic heterocycles. The van der Waals surface area contributed by atoms with Gasteiger partial charge in [-0.1, -0.05) is 71.3 Å². The Kier molecular flexibility index (Phi) is 9.95. The molecule has 2 heteroatoms. The number of unbranched alkanes of at least 4 members (excludes halogenated alkanes) is 7. The first-order valence-electron chi connectivity index (χ1n) is 9.24. The van der Waals surface area contributed by atoms with Crippen LogP contribution in [-0.4, -0.2) is 11.0 Å². The largest absolute Gasteiger partial charge is 0.494 e. The molecular formula is C20H35ClO. The minimum Gasteiger partial charge on any atom is -0.494 e. The van der Waals surface area contributed by atoms with E-state index in [-0.39, 0.29) is 11.0 Å². The van der Waals surface area contributed by atoms with Crippen LogP contribution in [0.3, 0.4) is 0 Å². The van der Waals surface area contributed by atoms with E-state index in [2.05, 4.69) is 26.8 Å². The first-order valence-corrected chi connectivity index (χ1v) is 9.61. The lowest BCUT2D eigenvalue weighted by atomic mass is 9.85. The molecule has 0 N–H and O–H groups in total. The Hall–Kier alpha value is -0.430. The Bertz CT molecular complexity index is 333. The average molecular weight is 327 g/mol. The first kappa shape index (κ1) is 19.6. The highest BCUT2D eigenvalue weighted by Crippen LogP contribution is 2.35. The molecule has 1 heterocycles. The summed E-state index contributed by atoms with van der Waals surface area (Å²) in [5.74, 6) is 0.525. The molecule has 0 aromatic carbocycles. The molecular weight excluding hydrogens is 292 g/mol. The molecule has 3 unspecified atom stereocenters. The predicted octanol–water partition coefficient (Wildman–Crippen LogP) is 7.01. The van der Waals surface area contributed by atoms with Crippen LogP contribution < -0.4 is 0 Å². The van der Waals surface area contributed by atoms with Gasteiger partial charge in [-0.15, -0.1) is 11.6 Å². The van der Waals surface area contributed by atoms with Crippen LogP contribution in [0.2, 0.25) is 0 Å². The number of rotatable bonds is 12. The number of alkyl halides is 1. The fourth-order valence-electron chi connectivity index (χ4n) is 3.02. The number of allylic oxidation sites excluding steroid dienone is 2. The first-order chi connectivity index (χ1) is 10.6. The van der Waals surface area contributed by atoms with Gasteiger partial charge in [0.1, 0.15) is 6.10 Å². The van der Waals surface area contributed by atoms with Crippen LogP contribution >= 0.6 is 11.6 Å². The molecule has 128 valence electrons. The summed E-state index contributed by atoms with van der Waals surface area (Å²) in [6.07, 6.45) is 21.1. The lowest BCUT2D eigenvalue weighted by Gasteiger charge is -2.32. The molecule has 0 aromatic heterocycles. The summed E-state index contributed by atoms with van der Waals surface area (Å²) in [5.41, 5.74) is 0. The number of halogens is 1. The van der Waals surface area contributed by atoms with Crippen molar-refractivity contribution in [1.82, 2.24) is 0 Å². The second-order valence-electron chi connectivity index (χ2n) is 7.03. The van der Waals surface area contributed by atoms with Crippen molar-refractivity contribution in [3.63, 3.8) is 0 Å². The summed E-state index contributed by atoms with van der Waals surface area (Å²) in [4.78, 5) is -0.179. The third kappa shape index (κ3) is 8.27. The van der Waals surface area contributed by atoms with Gasteiger partial charge in [-0.2, -0.15) is 0 Å². The van der Waals surface area contributed by atoms with E-state index >= 15 is 0 Å². The normalized spacial score (nSPS) is 21.4. The van der Waals surface area contributed by atoms with E-state index in [4.69, 9.17) is 16.3 Å². The minimum atomic E-state index is -0.179. The number of ether oxygens (including phenoxy) is 1. The Labute approximate surface area is 143 Å². The SMILES string of the molecule is CCCCCCCCCCC(C)C(C)(Cl)CC1C=CC=CO1. The van der Waals surface area contributed by atoms with Gasteiger partial charge in [0.2, 0.25) is 0 Å². The number of hydrogen-bond donors (Lipinski definition) is 0. The standard InChI is InChI=1S/C20H35ClO/c1-4-5-6-7-8-9-10-11-14-18(2)20(3,21)17-19-15-12-13-16-22-19/h12-13,15-16,18-19H,4-11,14,17H2,1-3H3. The topological polar surface area (TPSA) is 9.23 Å². The van der Waals surface area contributed by atoms with Crippen molar-refractivity contribution >= 4 is 11.6 Å². The zero-order chi connectivity index (χ0) is 16.3. The molecule has 0 aliphatic carbocycles. The zero-order valence-electron chi connectivity index (χ0n) is 14.8. The van der Waals surface area contributed by atoms with Crippen molar-refractivity contribution in [2.24, 2.45) is 5.92 Å². The maximum atomic E-state index is 6.78. The molecule has 1 nitrogen and oxygen atoms in total. The average Bonchev–Trinajstić information content (AvgIpc) is 2.50. The van der Waals surface area contributed by atoms with Gasteiger partial charge >= 0.3 is 0 Å². The summed E-state index contributed by atoms with van der Waals surface area (Å²) >= 11 is 6.78. The van der Waals surface area contributed by atoms with E-state index in [1.807, 2.05) is 12.2 Å². The van der Waals surface area contributed by atoms with Gasteiger partial charge < -0.3 is 4.74 Å². The molecule has 1 rings (SSSR count). The molecule has 22 heavy (non-hydrogen) atoms. The Morgan fingerprint density at radius 3 is 2.27 bits per heavy atom. The Morgan fingerprint density at radius 1 is 1.05 bits per heavy atom. The smallest absolute Gasteiger partial charge is 0.118 e. The van der Waals surface area contributed by atoms with Crippen LogP contribution in [0.5, 0.6) is 0 Å². The van der Waals surface area contributed by atoms with Gasteiger partial charge in [-0.05, 0) is 31.4 Å². The molecule has 0 spiro atoms. The van der Waals surface area contributed by atoms with Crippen molar-refractivity contribution in [3.05, 3.63) is 24.5 Å². The molecule has 0 radical (unpaired) electrons. The molecule has 0 aromatic rings. The van der Waals surface area contributed by atoms with Crippen molar-refractivity contribution in [2.45, 2.75) is 96.0 Å². The zero-order valence-corrected chi connectivity index (χ0v) is 15.6. The van der Waals surface area contributed by atoms with Crippen molar-refractivity contribution in [1.29, 1.82) is 0 Å². The van der Waals surface area contributed by atoms with Crippen LogP contribution in [0.4, 0.5) is 0 Å². The number of hydrogen-bond acceptors (Lipinski definition) is 1. The van der Waals surface area contributed by atoms with E-state index in [1.54, 1.807) is 6.26 Å². The monoisotopic (exact) mass is 326 g/mol. The second-order valence-corrected chi connectivity index (χ2v) is 7.90. The highest BCUT2D eigenvalue weighted by atomic mass is 35.5. The van der Waals surface area contributed by atoms with Gasteiger partial charge in [-0.3, -0.25) is 0 Å². The maximum Gasteiger partial charge on any atom is 0.118 e. The highest BCUT2D eigenvalue weighted by molar-refractivity contribution is 6.23. The van der Waals surface area contributed by atoms with Gasteiger partial charge in [0, 0.05) is 11.3 Å². The Morgan fingerprint density at radius 2 is 1.68 bits per heavy atom. The maximum absolute atomic E-state index is 6.78. The lowest BCUT2D eigenvalue weighted by molar-refractivity contribution is 0.149. The van der Waals surface area contributed by atoms with E-state index < -0.39 is 0 Å². The van der Waals surface area contributed by atoms with Crippen molar-refractivity contribution < 1.29 is 4.74 Å². The molecule has 0 bridgehead atoms. The fourth-order valence-corrected chi connectivity index (χ4v) is 3.28. The molecule has 0 saturated carbocycles. The molecule has 0 saturated heterocycles. The van der Waals surface area contributed by atoms with Crippen LogP contribution in [0.1, 0.15) is 85.0 Å². The third-order valence-corrected chi connectivity index (χ3v) is 5.41. The van der Waals surface area contributed by atoms with E-state index in [9.17, 15) is 0 Å². The van der Waals surface area contributed by atoms with Gasteiger partial charge in [-0.25, -0.2) is 0 Å². The van der Waals surface area contributed by atoms with E-state index in [0.717, 1.165) is 6.42 Å². The highest BCUT2D eigenvalue weighted by Gasteiger charge is 2.31. The van der Waals surface area contributed by atoms with Crippen LogP contribution in [0, 0.1) is 5.92 Å². The fraction of sp³-hybridized carbons (Fsp3) is 0.800. The summed E-state index contributed by atoms with van der Waals surface area (Å²) < 4.78 is 5.60. The van der Waals surface area contributed by atoms with Crippen LogP contribution in [0.15, 0.2) is 24.5 Å². The van der Waals surface area contributed by atoms with Crippen LogP contribution in [0.25, 0.3) is 0 Å². The van der Waals surface area contributed by atoms with Gasteiger partial charge in [0.05, 0.1) is 6.26 Å². The molecule has 0 amide bonds. The summed E-state index contributed by atoms with van der Waals surface area (Å²) in [6, 6.07) is 0. The summed E-state index contributed by atoms with van der Waals surface area (Å²) in [6.45, 7) is 6.73. The minimum absolute atomic E-state index is 0.133.